The number of anilines is 6. The van der Waals surface area contributed by atoms with Gasteiger partial charge in [-0.15, -0.1) is 0 Å². The molecule has 4 aliphatic rings. The maximum atomic E-state index is 7.96. The van der Waals surface area contributed by atoms with Crippen LogP contribution in [-0.2, 0) is 32.5 Å². The molecule has 6 heterocycles. The van der Waals surface area contributed by atoms with E-state index in [0.717, 1.165) is 150 Å². The summed E-state index contributed by atoms with van der Waals surface area (Å²) in [5, 5.41) is 4.34. The van der Waals surface area contributed by atoms with Crippen molar-refractivity contribution in [1.82, 2.24) is 0 Å². The highest BCUT2D eigenvalue weighted by Crippen LogP contribution is 2.55. The number of para-hydroxylation sites is 3. The van der Waals surface area contributed by atoms with E-state index in [-0.39, 0.29) is 45.9 Å². The van der Waals surface area contributed by atoms with Gasteiger partial charge < -0.3 is 23.4 Å². The van der Waals surface area contributed by atoms with Crippen molar-refractivity contribution in [2.24, 2.45) is 0 Å². The number of nitrogens with zero attached hydrogens (tertiary/aromatic N) is 2. The van der Waals surface area contributed by atoms with Crippen molar-refractivity contribution < 1.29 is 13.6 Å². The Morgan fingerprint density at radius 3 is 1.15 bits per heavy atom. The topological polar surface area (TPSA) is 42.0 Å². The molecule has 4 aliphatic heterocycles. The summed E-state index contributed by atoms with van der Waals surface area (Å²) < 4.78 is 21.6. The summed E-state index contributed by atoms with van der Waals surface area (Å²) in [6, 6.07) is 112. The number of ether oxygens (including phenoxy) is 1. The third kappa shape index (κ3) is 12.8. The van der Waals surface area contributed by atoms with Gasteiger partial charge in [-0.2, -0.15) is 0 Å². The Hall–Kier alpha value is -12.2. The van der Waals surface area contributed by atoms with Gasteiger partial charge in [0.2, 0.25) is 6.71 Å². The van der Waals surface area contributed by atoms with Crippen molar-refractivity contribution in [2.75, 3.05) is 9.80 Å². The number of hydrogen-bond donors (Lipinski definition) is 0. The van der Waals surface area contributed by atoms with Gasteiger partial charge in [-0.1, -0.05) is 354 Å². The fourth-order valence-electron chi connectivity index (χ4n) is 19.6. The van der Waals surface area contributed by atoms with Crippen LogP contribution in [0.2, 0.25) is 0 Å². The molecule has 8 heteroatoms. The van der Waals surface area contributed by atoms with Crippen LogP contribution in [0, 0.1) is 0 Å². The maximum absolute atomic E-state index is 7.96. The van der Waals surface area contributed by atoms with Gasteiger partial charge in [0.05, 0.1) is 5.69 Å². The summed E-state index contributed by atoms with van der Waals surface area (Å²) in [6.45, 7) is 41.7. The summed E-state index contributed by atoms with van der Waals surface area (Å²) in [6.07, 6.45) is 0. The predicted octanol–water partition coefficient (Wildman–Crippen LogP) is 28.4. The standard InChI is InChI=1S/C114H102B2N2O3S/c1-109(2,3)75-50-71(51-76(60-75)110(4,5)6)69-46-48-88-100(56-69)121-101-57-73(82-38-30-44-98-104(82)86-36-25-27-42-96(86)119-98)54-94-106(101)115(88)90-65-91-93(66-92(90)117(94)81-63-79(113(13,14)15)62-80(64-81)114(16,17)18)118(108-84(67-32-21-19-22-33-67)40-29-41-85(108)68-34-23-20-24-35-68)95-55-74(83-39-31-45-99-105(83)87-37-26-28-43-97(87)120-99)59-103-107(95)116(91)89-49-47-70(58-102(89)122-103)72-52-77(111(7,8)9)61-78(53-72)112(10,11)12/h19-66H,1-18H3. The van der Waals surface area contributed by atoms with E-state index in [2.05, 4.69) is 426 Å². The second-order valence-electron chi connectivity index (χ2n) is 40.9. The highest BCUT2D eigenvalue weighted by Gasteiger charge is 2.49. The van der Waals surface area contributed by atoms with Crippen LogP contribution in [0.15, 0.2) is 310 Å². The molecule has 0 N–H and O–H groups in total. The molecule has 0 atom stereocenters. The van der Waals surface area contributed by atoms with Crippen LogP contribution < -0.4 is 47.3 Å². The highest BCUT2D eigenvalue weighted by molar-refractivity contribution is 8.00. The average Bonchev–Trinajstić information content (AvgIpc) is 0.825. The SMILES string of the molecule is CC(C)(C)c1cc(-c2ccc3c(c2)Oc2cc(-c4cccc5oc6ccccc6c45)cc4c2B3c2cc3c(cc2N4c2cc(C(C)(C)C)cc(C(C)(C)C)c2)N(c2c(-c4ccccc4)cccc2-c2ccccc2)c2cc(-c4cccc5oc6ccccc6c45)cc4c2B3c2ccc(-c3cc(C(C)(C)C)cc(C(C)(C)C)c3)cc2S4)cc(C(C)(C)C)c1. The van der Waals surface area contributed by atoms with E-state index < -0.39 is 0 Å². The van der Waals surface area contributed by atoms with Crippen molar-refractivity contribution >= 4 is 136 Å². The van der Waals surface area contributed by atoms with Crippen molar-refractivity contribution in [2.45, 2.75) is 167 Å². The molecular weight excluding hydrogens is 1500 g/mol. The first-order valence-electron chi connectivity index (χ1n) is 43.6. The number of hydrogen-bond acceptors (Lipinski definition) is 6. The normalized spacial score (nSPS) is 13.8. The lowest BCUT2D eigenvalue weighted by Crippen LogP contribution is -2.64. The molecule has 21 rings (SSSR count). The van der Waals surface area contributed by atoms with Crippen LogP contribution in [0.4, 0.5) is 34.1 Å². The van der Waals surface area contributed by atoms with E-state index in [0.29, 0.717) is 0 Å². The highest BCUT2D eigenvalue weighted by atomic mass is 32.2. The van der Waals surface area contributed by atoms with Gasteiger partial charge in [0.1, 0.15) is 33.8 Å². The van der Waals surface area contributed by atoms with Gasteiger partial charge in [-0.05, 0) is 228 Å². The molecule has 0 unspecified atom stereocenters. The monoisotopic (exact) mass is 1600 g/mol. The van der Waals surface area contributed by atoms with Crippen molar-refractivity contribution in [3.8, 4) is 78.3 Å². The quantitative estimate of drug-likeness (QED) is 0.141. The Morgan fingerprint density at radius 1 is 0.254 bits per heavy atom. The minimum absolute atomic E-state index is 0.0840. The molecule has 0 fully saturated rings. The van der Waals surface area contributed by atoms with E-state index in [1.165, 1.54) is 81.7 Å². The van der Waals surface area contributed by atoms with Crippen molar-refractivity contribution in [3.05, 3.63) is 325 Å². The van der Waals surface area contributed by atoms with E-state index in [9.17, 15) is 0 Å². The van der Waals surface area contributed by atoms with Crippen molar-refractivity contribution in [1.29, 1.82) is 0 Å². The first-order chi connectivity index (χ1) is 58.2. The number of furan rings is 2. The van der Waals surface area contributed by atoms with Gasteiger partial charge in [0, 0.05) is 70.9 Å². The summed E-state index contributed by atoms with van der Waals surface area (Å²) in [5.41, 5.74) is 37.8. The van der Waals surface area contributed by atoms with Crippen LogP contribution in [-0.4, -0.2) is 13.4 Å². The summed E-state index contributed by atoms with van der Waals surface area (Å²) in [7, 11) is 0. The van der Waals surface area contributed by atoms with Crippen LogP contribution in [0.3, 0.4) is 0 Å². The lowest BCUT2D eigenvalue weighted by Gasteiger charge is -2.45. The Labute approximate surface area is 724 Å². The lowest BCUT2D eigenvalue weighted by molar-refractivity contribution is 0.488. The largest absolute Gasteiger partial charge is 0.458 e. The molecule has 598 valence electrons. The number of fused-ring (bicyclic) bond motifs is 14. The van der Waals surface area contributed by atoms with Gasteiger partial charge in [-0.25, -0.2) is 0 Å². The Bertz CT molecular complexity index is 7070. The fourth-order valence-corrected chi connectivity index (χ4v) is 20.9. The lowest BCUT2D eigenvalue weighted by atomic mass is 9.31. The Balaban J connectivity index is 0.924. The summed E-state index contributed by atoms with van der Waals surface area (Å²) >= 11 is 1.93. The van der Waals surface area contributed by atoms with Crippen LogP contribution in [0.5, 0.6) is 11.5 Å². The molecule has 0 saturated carbocycles. The zero-order valence-corrected chi connectivity index (χ0v) is 74.2. The molecule has 17 aromatic rings. The molecular formula is C114H102B2N2O3S. The first-order valence-corrected chi connectivity index (χ1v) is 44.4. The zero-order chi connectivity index (χ0) is 84.3. The molecule has 0 saturated heterocycles. The third-order valence-corrected chi connectivity index (χ3v) is 27.6. The van der Waals surface area contributed by atoms with E-state index in [1.54, 1.807) is 0 Å². The fraction of sp³-hybridized carbons (Fsp3) is 0.211. The van der Waals surface area contributed by atoms with Gasteiger partial charge >= 0.3 is 0 Å². The minimum atomic E-state index is -0.321. The molecule has 5 nitrogen and oxygen atoms in total. The summed E-state index contributed by atoms with van der Waals surface area (Å²) in [5.74, 6) is 1.68. The third-order valence-electron chi connectivity index (χ3n) is 26.4. The van der Waals surface area contributed by atoms with Gasteiger partial charge in [0.15, 0.2) is 0 Å². The second kappa shape index (κ2) is 27.6. The molecule has 122 heavy (non-hydrogen) atoms. The molecule has 15 aromatic carbocycles. The Kier molecular flexibility index (Phi) is 17.5. The molecule has 0 radical (unpaired) electrons. The molecule has 0 aliphatic carbocycles. The van der Waals surface area contributed by atoms with Crippen molar-refractivity contribution in [3.63, 3.8) is 0 Å². The van der Waals surface area contributed by atoms with Gasteiger partial charge in [0.25, 0.3) is 6.71 Å². The van der Waals surface area contributed by atoms with Crippen LogP contribution in [0.1, 0.15) is 158 Å². The smallest absolute Gasteiger partial charge is 0.256 e. The van der Waals surface area contributed by atoms with Crippen LogP contribution >= 0.6 is 11.8 Å². The molecule has 0 spiro atoms. The number of rotatable bonds is 8. The van der Waals surface area contributed by atoms with E-state index in [1.807, 2.05) is 11.8 Å². The first kappa shape index (κ1) is 77.1. The molecule has 0 amide bonds. The Morgan fingerprint density at radius 2 is 0.648 bits per heavy atom. The predicted molar refractivity (Wildman–Crippen MR) is 522 cm³/mol. The summed E-state index contributed by atoms with van der Waals surface area (Å²) in [4.78, 5) is 7.85. The number of benzene rings is 15. The molecule has 2 aromatic heterocycles. The van der Waals surface area contributed by atoms with Crippen LogP contribution in [0.25, 0.3) is 111 Å². The molecule has 0 bridgehead atoms. The second-order valence-corrected chi connectivity index (χ2v) is 42.0. The minimum Gasteiger partial charge on any atom is -0.458 e. The average molecular weight is 1600 g/mol. The maximum Gasteiger partial charge on any atom is 0.256 e. The van der Waals surface area contributed by atoms with E-state index >= 15 is 0 Å². The van der Waals surface area contributed by atoms with E-state index in [4.69, 9.17) is 13.6 Å². The zero-order valence-electron chi connectivity index (χ0n) is 73.4. The van der Waals surface area contributed by atoms with Gasteiger partial charge in [-0.3, -0.25) is 0 Å².